The zero-order chi connectivity index (χ0) is 13.1. The number of pyridine rings is 1. The molecule has 18 heavy (non-hydrogen) atoms. The zero-order valence-electron chi connectivity index (χ0n) is 10.2. The van der Waals surface area contributed by atoms with Crippen molar-refractivity contribution < 1.29 is 9.13 Å². The van der Waals surface area contributed by atoms with Gasteiger partial charge in [0.1, 0.15) is 5.75 Å². The van der Waals surface area contributed by atoms with E-state index in [1.54, 1.807) is 12.1 Å². The van der Waals surface area contributed by atoms with Gasteiger partial charge in [0.25, 0.3) is 0 Å². The molecule has 0 amide bonds. The molecule has 0 unspecified atom stereocenters. The van der Waals surface area contributed by atoms with Gasteiger partial charge in [-0.1, -0.05) is 35.8 Å². The Balaban J connectivity index is 2.34. The SMILES string of the molecule is CC(C)c1cc(Br)ccc1Oc1cccc(F)n1. The molecule has 1 aromatic carbocycles. The molecule has 0 saturated heterocycles. The highest BCUT2D eigenvalue weighted by molar-refractivity contribution is 9.10. The van der Waals surface area contributed by atoms with E-state index in [1.807, 2.05) is 18.2 Å². The molecule has 2 aromatic rings. The topological polar surface area (TPSA) is 22.1 Å². The van der Waals surface area contributed by atoms with Crippen molar-refractivity contribution in [3.63, 3.8) is 0 Å². The number of nitrogens with zero attached hydrogens (tertiary/aromatic N) is 1. The van der Waals surface area contributed by atoms with Crippen molar-refractivity contribution in [2.24, 2.45) is 0 Å². The van der Waals surface area contributed by atoms with E-state index in [-0.39, 0.29) is 5.88 Å². The van der Waals surface area contributed by atoms with Crippen LogP contribution in [0.1, 0.15) is 25.3 Å². The van der Waals surface area contributed by atoms with Crippen molar-refractivity contribution >= 4 is 15.9 Å². The van der Waals surface area contributed by atoms with Crippen LogP contribution in [0.2, 0.25) is 0 Å². The Kier molecular flexibility index (Phi) is 3.97. The molecule has 1 aromatic heterocycles. The van der Waals surface area contributed by atoms with Gasteiger partial charge in [0, 0.05) is 10.5 Å². The van der Waals surface area contributed by atoms with Crippen molar-refractivity contribution in [2.75, 3.05) is 0 Å². The smallest absolute Gasteiger partial charge is 0.221 e. The van der Waals surface area contributed by atoms with Crippen molar-refractivity contribution in [3.05, 3.63) is 52.4 Å². The first-order valence-electron chi connectivity index (χ1n) is 5.66. The maximum Gasteiger partial charge on any atom is 0.221 e. The summed E-state index contributed by atoms with van der Waals surface area (Å²) in [5.41, 5.74) is 1.05. The third-order valence-electron chi connectivity index (χ3n) is 2.50. The normalized spacial score (nSPS) is 10.7. The lowest BCUT2D eigenvalue weighted by molar-refractivity contribution is 0.438. The lowest BCUT2D eigenvalue weighted by Crippen LogP contribution is -1.96. The van der Waals surface area contributed by atoms with Gasteiger partial charge < -0.3 is 4.74 Å². The predicted molar refractivity (Wildman–Crippen MR) is 72.5 cm³/mol. The minimum absolute atomic E-state index is 0.263. The summed E-state index contributed by atoms with van der Waals surface area (Å²) in [6.45, 7) is 4.15. The fourth-order valence-electron chi connectivity index (χ4n) is 1.62. The number of hydrogen-bond donors (Lipinski definition) is 0. The number of hydrogen-bond acceptors (Lipinski definition) is 2. The maximum atomic E-state index is 13.0. The average molecular weight is 310 g/mol. The lowest BCUT2D eigenvalue weighted by atomic mass is 10.0. The highest BCUT2D eigenvalue weighted by atomic mass is 79.9. The van der Waals surface area contributed by atoms with Gasteiger partial charge in [-0.25, -0.2) is 0 Å². The minimum Gasteiger partial charge on any atom is -0.439 e. The molecular formula is C14H13BrFNO. The molecule has 0 N–H and O–H groups in total. The molecule has 0 bridgehead atoms. The van der Waals surface area contributed by atoms with Crippen molar-refractivity contribution in [1.82, 2.24) is 4.98 Å². The number of benzene rings is 1. The molecule has 2 nitrogen and oxygen atoms in total. The molecule has 0 aliphatic rings. The van der Waals surface area contributed by atoms with Gasteiger partial charge in [0.05, 0.1) is 0 Å². The molecule has 0 aliphatic heterocycles. The van der Waals surface area contributed by atoms with Crippen molar-refractivity contribution in [2.45, 2.75) is 19.8 Å². The molecule has 0 spiro atoms. The van der Waals surface area contributed by atoms with E-state index in [2.05, 4.69) is 34.8 Å². The van der Waals surface area contributed by atoms with Crippen LogP contribution >= 0.6 is 15.9 Å². The van der Waals surface area contributed by atoms with Crippen molar-refractivity contribution in [1.29, 1.82) is 0 Å². The summed E-state index contributed by atoms with van der Waals surface area (Å²) in [4.78, 5) is 3.69. The summed E-state index contributed by atoms with van der Waals surface area (Å²) in [7, 11) is 0. The molecule has 0 atom stereocenters. The Morgan fingerprint density at radius 3 is 2.67 bits per heavy atom. The first-order chi connectivity index (χ1) is 8.56. The van der Waals surface area contributed by atoms with Gasteiger partial charge in [0.2, 0.25) is 11.8 Å². The van der Waals surface area contributed by atoms with E-state index in [9.17, 15) is 4.39 Å². The van der Waals surface area contributed by atoms with E-state index >= 15 is 0 Å². The first kappa shape index (κ1) is 13.0. The Hall–Kier alpha value is -1.42. The van der Waals surface area contributed by atoms with E-state index < -0.39 is 5.95 Å². The molecule has 0 radical (unpaired) electrons. The molecule has 0 fully saturated rings. The highest BCUT2D eigenvalue weighted by Crippen LogP contribution is 2.32. The van der Waals surface area contributed by atoms with Crippen LogP contribution in [0.4, 0.5) is 4.39 Å². The molecule has 1 heterocycles. The predicted octanol–water partition coefficient (Wildman–Crippen LogP) is 4.90. The number of rotatable bonds is 3. The molecule has 94 valence electrons. The zero-order valence-corrected chi connectivity index (χ0v) is 11.7. The van der Waals surface area contributed by atoms with Gasteiger partial charge in [0.15, 0.2) is 0 Å². The maximum absolute atomic E-state index is 13.0. The van der Waals surface area contributed by atoms with Crippen LogP contribution < -0.4 is 4.74 Å². The largest absolute Gasteiger partial charge is 0.439 e. The van der Waals surface area contributed by atoms with E-state index in [0.717, 1.165) is 10.0 Å². The number of ether oxygens (including phenoxy) is 1. The summed E-state index contributed by atoms with van der Waals surface area (Å²) < 4.78 is 19.6. The van der Waals surface area contributed by atoms with E-state index in [4.69, 9.17) is 4.74 Å². The Labute approximate surface area is 114 Å². The van der Waals surface area contributed by atoms with Gasteiger partial charge in [-0.05, 0) is 35.7 Å². The van der Waals surface area contributed by atoms with Crippen LogP contribution in [-0.4, -0.2) is 4.98 Å². The Bertz CT molecular complexity index is 557. The van der Waals surface area contributed by atoms with Crippen LogP contribution in [0.5, 0.6) is 11.6 Å². The quantitative estimate of drug-likeness (QED) is 0.752. The average Bonchev–Trinajstić information content (AvgIpc) is 2.31. The first-order valence-corrected chi connectivity index (χ1v) is 6.45. The molecule has 0 aliphatic carbocycles. The van der Waals surface area contributed by atoms with Gasteiger partial charge in [-0.3, -0.25) is 0 Å². The van der Waals surface area contributed by atoms with Gasteiger partial charge in [-0.15, -0.1) is 0 Å². The fourth-order valence-corrected chi connectivity index (χ4v) is 2.00. The molecule has 4 heteroatoms. The second kappa shape index (κ2) is 5.48. The Morgan fingerprint density at radius 2 is 2.00 bits per heavy atom. The van der Waals surface area contributed by atoms with Gasteiger partial charge in [-0.2, -0.15) is 9.37 Å². The Morgan fingerprint density at radius 1 is 1.22 bits per heavy atom. The summed E-state index contributed by atoms with van der Waals surface area (Å²) >= 11 is 3.43. The monoisotopic (exact) mass is 309 g/mol. The van der Waals surface area contributed by atoms with Crippen LogP contribution in [0.15, 0.2) is 40.9 Å². The number of aromatic nitrogens is 1. The summed E-state index contributed by atoms with van der Waals surface area (Å²) in [5.74, 6) is 0.729. The second-order valence-corrected chi connectivity index (χ2v) is 5.15. The standard InChI is InChI=1S/C14H13BrFNO/c1-9(2)11-8-10(15)6-7-12(11)18-14-5-3-4-13(16)17-14/h3-9H,1-2H3. The molecule has 0 saturated carbocycles. The third-order valence-corrected chi connectivity index (χ3v) is 2.99. The van der Waals surface area contributed by atoms with Crippen molar-refractivity contribution in [3.8, 4) is 11.6 Å². The lowest BCUT2D eigenvalue weighted by Gasteiger charge is -2.13. The van der Waals surface area contributed by atoms with Crippen LogP contribution in [0.25, 0.3) is 0 Å². The second-order valence-electron chi connectivity index (χ2n) is 4.24. The summed E-state index contributed by atoms with van der Waals surface area (Å²) in [6, 6.07) is 10.2. The van der Waals surface area contributed by atoms with E-state index in [1.165, 1.54) is 6.07 Å². The molecule has 2 rings (SSSR count). The van der Waals surface area contributed by atoms with Crippen LogP contribution in [0.3, 0.4) is 0 Å². The molecular weight excluding hydrogens is 297 g/mol. The van der Waals surface area contributed by atoms with Gasteiger partial charge >= 0.3 is 0 Å². The minimum atomic E-state index is -0.546. The highest BCUT2D eigenvalue weighted by Gasteiger charge is 2.10. The number of halogens is 2. The fraction of sp³-hybridized carbons (Fsp3) is 0.214. The summed E-state index contributed by atoms with van der Waals surface area (Å²) in [5, 5.41) is 0. The third kappa shape index (κ3) is 3.07. The van der Waals surface area contributed by atoms with E-state index in [0.29, 0.717) is 11.7 Å². The van der Waals surface area contributed by atoms with Crippen LogP contribution in [0, 0.1) is 5.95 Å². The summed E-state index contributed by atoms with van der Waals surface area (Å²) in [6.07, 6.45) is 0. The van der Waals surface area contributed by atoms with Crippen LogP contribution in [-0.2, 0) is 0 Å².